The lowest BCUT2D eigenvalue weighted by atomic mass is 10.1. The summed E-state index contributed by atoms with van der Waals surface area (Å²) in [4.78, 5) is 10.6. The minimum atomic E-state index is 0.0428. The van der Waals surface area contributed by atoms with Crippen molar-refractivity contribution in [3.63, 3.8) is 0 Å². The fourth-order valence-corrected chi connectivity index (χ4v) is 1.52. The van der Waals surface area contributed by atoms with Gasteiger partial charge in [0.2, 0.25) is 0 Å². The van der Waals surface area contributed by atoms with Gasteiger partial charge in [-0.2, -0.15) is 0 Å². The molecule has 0 N–H and O–H groups in total. The predicted octanol–water partition coefficient (Wildman–Crippen LogP) is 0.712. The van der Waals surface area contributed by atoms with Crippen molar-refractivity contribution >= 4 is 5.97 Å². The Labute approximate surface area is 47.8 Å². The number of carbonyl (C=O) groups excluding carboxylic acids is 1. The highest BCUT2D eigenvalue weighted by Crippen LogP contribution is 2.35. The topological polar surface area (TPSA) is 26.3 Å². The van der Waals surface area contributed by atoms with Gasteiger partial charge in [-0.05, 0) is 19.3 Å². The molecule has 2 atom stereocenters. The van der Waals surface area contributed by atoms with Gasteiger partial charge in [0.1, 0.15) is 6.10 Å². The second kappa shape index (κ2) is 1.24. The number of hydrogen-bond donors (Lipinski definition) is 0. The van der Waals surface area contributed by atoms with Crippen molar-refractivity contribution in [1.82, 2.24) is 0 Å². The molecule has 1 aliphatic heterocycles. The van der Waals surface area contributed by atoms with E-state index in [2.05, 4.69) is 0 Å². The third-order valence-corrected chi connectivity index (χ3v) is 2.00. The Bertz CT molecular complexity index is 130. The van der Waals surface area contributed by atoms with E-state index in [9.17, 15) is 4.79 Å². The summed E-state index contributed by atoms with van der Waals surface area (Å²) in [6.45, 7) is 0. The molecule has 1 saturated carbocycles. The van der Waals surface area contributed by atoms with Crippen molar-refractivity contribution in [1.29, 1.82) is 0 Å². The Morgan fingerprint density at radius 1 is 1.50 bits per heavy atom. The second-order valence-corrected chi connectivity index (χ2v) is 2.57. The quantitative estimate of drug-likeness (QED) is 0.431. The van der Waals surface area contributed by atoms with E-state index < -0.39 is 0 Å². The molecular formula is C6H8O2. The van der Waals surface area contributed by atoms with E-state index in [1.165, 1.54) is 0 Å². The van der Waals surface area contributed by atoms with Gasteiger partial charge in [-0.25, -0.2) is 0 Å². The molecule has 2 fully saturated rings. The number of ether oxygens (including phenoxy) is 1. The van der Waals surface area contributed by atoms with Crippen molar-refractivity contribution in [3.8, 4) is 0 Å². The maximum atomic E-state index is 10.6. The molecule has 0 unspecified atom stereocenters. The van der Waals surface area contributed by atoms with Crippen LogP contribution in [-0.2, 0) is 9.53 Å². The number of hydrogen-bond acceptors (Lipinski definition) is 2. The molecule has 1 saturated heterocycles. The van der Waals surface area contributed by atoms with Crippen molar-refractivity contribution < 1.29 is 9.53 Å². The average molecular weight is 112 g/mol. The summed E-state index contributed by atoms with van der Waals surface area (Å²) in [5, 5.41) is 0. The Morgan fingerprint density at radius 3 is 2.62 bits per heavy atom. The van der Waals surface area contributed by atoms with Crippen molar-refractivity contribution in [2.75, 3.05) is 0 Å². The predicted molar refractivity (Wildman–Crippen MR) is 27.2 cm³/mol. The summed E-state index contributed by atoms with van der Waals surface area (Å²) in [5.74, 6) is 0.321. The van der Waals surface area contributed by atoms with E-state index in [0.717, 1.165) is 19.3 Å². The molecule has 2 heteroatoms. The highest BCUT2D eigenvalue weighted by Gasteiger charge is 2.40. The van der Waals surface area contributed by atoms with E-state index in [4.69, 9.17) is 4.74 Å². The fourth-order valence-electron chi connectivity index (χ4n) is 1.52. The first kappa shape index (κ1) is 4.36. The Balaban J connectivity index is 2.22. The monoisotopic (exact) mass is 112 g/mol. The number of rotatable bonds is 0. The molecule has 0 aromatic carbocycles. The van der Waals surface area contributed by atoms with Crippen LogP contribution in [0.4, 0.5) is 0 Å². The van der Waals surface area contributed by atoms with Crippen molar-refractivity contribution in [3.05, 3.63) is 0 Å². The minimum absolute atomic E-state index is 0.0428. The molecule has 0 amide bonds. The van der Waals surface area contributed by atoms with Gasteiger partial charge in [0.15, 0.2) is 0 Å². The van der Waals surface area contributed by atoms with Crippen LogP contribution in [-0.4, -0.2) is 12.1 Å². The van der Waals surface area contributed by atoms with Gasteiger partial charge < -0.3 is 4.74 Å². The second-order valence-electron chi connectivity index (χ2n) is 2.57. The van der Waals surface area contributed by atoms with E-state index in [-0.39, 0.29) is 11.9 Å². The summed E-state index contributed by atoms with van der Waals surface area (Å²) < 4.78 is 4.92. The summed E-state index contributed by atoms with van der Waals surface area (Å²) in [6.07, 6.45) is 3.48. The lowest BCUT2D eigenvalue weighted by Crippen LogP contribution is -2.13. The Morgan fingerprint density at radius 2 is 2.38 bits per heavy atom. The highest BCUT2D eigenvalue weighted by molar-refractivity contribution is 5.75. The molecule has 0 aromatic heterocycles. The summed E-state index contributed by atoms with van der Waals surface area (Å²) in [7, 11) is 0. The first-order chi connectivity index (χ1) is 3.86. The molecule has 8 heavy (non-hydrogen) atoms. The lowest BCUT2D eigenvalue weighted by molar-refractivity contribution is -0.147. The molecule has 0 aromatic rings. The van der Waals surface area contributed by atoms with Gasteiger partial charge in [-0.3, -0.25) is 4.79 Å². The molecule has 44 valence electrons. The zero-order valence-corrected chi connectivity index (χ0v) is 4.59. The summed E-state index contributed by atoms with van der Waals surface area (Å²) >= 11 is 0. The molecule has 2 bridgehead atoms. The molecule has 1 aliphatic carbocycles. The van der Waals surface area contributed by atoms with Crippen LogP contribution in [0.3, 0.4) is 0 Å². The maximum Gasteiger partial charge on any atom is 0.309 e. The van der Waals surface area contributed by atoms with Crippen LogP contribution in [0.5, 0.6) is 0 Å². The molecule has 2 aliphatic rings. The number of esters is 1. The molecular weight excluding hydrogens is 104 g/mol. The van der Waals surface area contributed by atoms with Gasteiger partial charge in [0, 0.05) is 0 Å². The molecule has 2 rings (SSSR count). The van der Waals surface area contributed by atoms with Crippen LogP contribution in [0.2, 0.25) is 0 Å². The van der Waals surface area contributed by atoms with Crippen LogP contribution < -0.4 is 0 Å². The lowest BCUT2D eigenvalue weighted by Gasteiger charge is -2.07. The van der Waals surface area contributed by atoms with Gasteiger partial charge in [-0.15, -0.1) is 0 Å². The average Bonchev–Trinajstić information content (AvgIpc) is 2.23. The van der Waals surface area contributed by atoms with Gasteiger partial charge in [0.05, 0.1) is 5.92 Å². The van der Waals surface area contributed by atoms with Crippen LogP contribution >= 0.6 is 0 Å². The summed E-state index contributed by atoms with van der Waals surface area (Å²) in [6, 6.07) is 0. The third-order valence-electron chi connectivity index (χ3n) is 2.00. The van der Waals surface area contributed by atoms with E-state index >= 15 is 0 Å². The zero-order valence-electron chi connectivity index (χ0n) is 4.59. The SMILES string of the molecule is O=C1O[C@@H]2CC[C@@H]1C2. The molecule has 0 radical (unpaired) electrons. The fraction of sp³-hybridized carbons (Fsp3) is 0.833. The normalized spacial score (nSPS) is 42.8. The third kappa shape index (κ3) is 0.403. The van der Waals surface area contributed by atoms with Crippen molar-refractivity contribution in [2.45, 2.75) is 25.4 Å². The Kier molecular flexibility index (Phi) is 0.678. The van der Waals surface area contributed by atoms with Crippen LogP contribution in [0.1, 0.15) is 19.3 Å². The molecule has 2 nitrogen and oxygen atoms in total. The number of fused-ring (bicyclic) bond motifs is 2. The summed E-state index contributed by atoms with van der Waals surface area (Å²) in [5.41, 5.74) is 0. The zero-order chi connectivity index (χ0) is 5.56. The van der Waals surface area contributed by atoms with Gasteiger partial charge in [0.25, 0.3) is 0 Å². The van der Waals surface area contributed by atoms with Gasteiger partial charge in [-0.1, -0.05) is 0 Å². The van der Waals surface area contributed by atoms with Gasteiger partial charge >= 0.3 is 5.97 Å². The van der Waals surface area contributed by atoms with E-state index in [1.54, 1.807) is 0 Å². The standard InChI is InChI=1S/C6H8O2/c7-6-4-1-2-5(3-4)8-6/h4-5H,1-3H2/t4-,5-/m1/s1. The Hall–Kier alpha value is -0.530. The van der Waals surface area contributed by atoms with E-state index in [1.807, 2.05) is 0 Å². The maximum absolute atomic E-state index is 10.6. The van der Waals surface area contributed by atoms with Crippen LogP contribution in [0.25, 0.3) is 0 Å². The largest absolute Gasteiger partial charge is 0.462 e. The first-order valence-electron chi connectivity index (χ1n) is 3.07. The minimum Gasteiger partial charge on any atom is -0.462 e. The number of carbonyl (C=O) groups is 1. The molecule has 1 heterocycles. The van der Waals surface area contributed by atoms with Crippen molar-refractivity contribution in [2.24, 2.45) is 5.92 Å². The van der Waals surface area contributed by atoms with Crippen LogP contribution in [0, 0.1) is 5.92 Å². The smallest absolute Gasteiger partial charge is 0.309 e. The molecule has 0 spiro atoms. The van der Waals surface area contributed by atoms with Crippen LogP contribution in [0.15, 0.2) is 0 Å². The highest BCUT2D eigenvalue weighted by atomic mass is 16.6. The first-order valence-corrected chi connectivity index (χ1v) is 3.07. The van der Waals surface area contributed by atoms with E-state index in [0.29, 0.717) is 6.10 Å².